The Morgan fingerprint density at radius 1 is 1.04 bits per heavy atom. The fraction of sp³-hybridized carbons (Fsp3) is 0.278. The van der Waals surface area contributed by atoms with Gasteiger partial charge in [-0.3, -0.25) is 4.79 Å². The third kappa shape index (κ3) is 3.67. The Bertz CT molecular complexity index is 683. The molecule has 0 atom stereocenters. The summed E-state index contributed by atoms with van der Waals surface area (Å²) in [5.74, 6) is -1.86. The molecule has 0 bridgehead atoms. The molecule has 1 aliphatic heterocycles. The molecule has 23 heavy (non-hydrogen) atoms. The number of nitrogens with one attached hydrogen (secondary N) is 1. The molecule has 0 radical (unpaired) electrons. The van der Waals surface area contributed by atoms with Crippen LogP contribution in [0.1, 0.15) is 23.2 Å². The summed E-state index contributed by atoms with van der Waals surface area (Å²) in [6, 6.07) is 13.3. The summed E-state index contributed by atoms with van der Waals surface area (Å²) in [5.41, 5.74) is 0.989. The van der Waals surface area contributed by atoms with E-state index in [-0.39, 0.29) is 11.5 Å². The molecule has 0 saturated carbocycles. The Labute approximate surface area is 133 Å². The summed E-state index contributed by atoms with van der Waals surface area (Å²) in [4.78, 5) is 14.0. The first kappa shape index (κ1) is 15.5. The number of likely N-dealkylation sites (tertiary alicyclic amines) is 1. The summed E-state index contributed by atoms with van der Waals surface area (Å²) < 4.78 is 26.7. The molecule has 5 heteroatoms. The molecule has 0 unspecified atom stereocenters. The topological polar surface area (TPSA) is 32.3 Å². The molecule has 2 aromatic rings. The number of amides is 1. The van der Waals surface area contributed by atoms with Gasteiger partial charge in [-0.15, -0.1) is 0 Å². The lowest BCUT2D eigenvalue weighted by Gasteiger charge is -2.33. The van der Waals surface area contributed by atoms with Gasteiger partial charge in [0.05, 0.1) is 5.56 Å². The number of rotatable bonds is 3. The summed E-state index contributed by atoms with van der Waals surface area (Å²) in [6.07, 6.45) is 1.59. The van der Waals surface area contributed by atoms with Crippen molar-refractivity contribution in [1.29, 1.82) is 0 Å². The molecule has 1 fully saturated rings. The number of piperidine rings is 1. The van der Waals surface area contributed by atoms with Crippen molar-refractivity contribution in [3.05, 3.63) is 65.7 Å². The SMILES string of the molecule is O=C(c1ccc(F)cc1F)N1CCC(Nc2ccccc2)CC1. The molecule has 120 valence electrons. The van der Waals surface area contributed by atoms with Crippen molar-refractivity contribution in [3.8, 4) is 0 Å². The summed E-state index contributed by atoms with van der Waals surface area (Å²) in [7, 11) is 0. The molecule has 1 heterocycles. The number of nitrogens with zero attached hydrogens (tertiary/aromatic N) is 1. The zero-order chi connectivity index (χ0) is 16.2. The van der Waals surface area contributed by atoms with E-state index in [4.69, 9.17) is 0 Å². The van der Waals surface area contributed by atoms with Crippen LogP contribution in [0.15, 0.2) is 48.5 Å². The van der Waals surface area contributed by atoms with Crippen LogP contribution in [-0.4, -0.2) is 29.9 Å². The van der Waals surface area contributed by atoms with Crippen LogP contribution >= 0.6 is 0 Å². The van der Waals surface area contributed by atoms with Crippen LogP contribution in [0.25, 0.3) is 0 Å². The highest BCUT2D eigenvalue weighted by molar-refractivity contribution is 5.94. The van der Waals surface area contributed by atoms with Gasteiger partial charge in [0.2, 0.25) is 0 Å². The highest BCUT2D eigenvalue weighted by Crippen LogP contribution is 2.19. The molecule has 1 amide bonds. The Kier molecular flexibility index (Phi) is 4.55. The second-order valence-electron chi connectivity index (χ2n) is 5.70. The minimum atomic E-state index is -0.806. The van der Waals surface area contributed by atoms with Crippen LogP contribution in [-0.2, 0) is 0 Å². The molecular formula is C18H18F2N2O. The molecule has 0 aliphatic carbocycles. The zero-order valence-corrected chi connectivity index (χ0v) is 12.6. The van der Waals surface area contributed by atoms with Gasteiger partial charge < -0.3 is 10.2 Å². The Morgan fingerprint density at radius 2 is 1.74 bits per heavy atom. The van der Waals surface area contributed by atoms with E-state index in [0.717, 1.165) is 30.7 Å². The monoisotopic (exact) mass is 316 g/mol. The zero-order valence-electron chi connectivity index (χ0n) is 12.6. The smallest absolute Gasteiger partial charge is 0.256 e. The Hall–Kier alpha value is -2.43. The number of halogens is 2. The minimum absolute atomic E-state index is 0.0686. The van der Waals surface area contributed by atoms with E-state index in [9.17, 15) is 13.6 Å². The van der Waals surface area contributed by atoms with Gasteiger partial charge >= 0.3 is 0 Å². The number of hydrogen-bond acceptors (Lipinski definition) is 2. The molecule has 3 rings (SSSR count). The van der Waals surface area contributed by atoms with Crippen molar-refractivity contribution in [1.82, 2.24) is 4.90 Å². The number of benzene rings is 2. The lowest BCUT2D eigenvalue weighted by atomic mass is 10.0. The van der Waals surface area contributed by atoms with Gasteiger partial charge in [0, 0.05) is 30.9 Å². The third-order valence-electron chi connectivity index (χ3n) is 4.09. The van der Waals surface area contributed by atoms with Crippen molar-refractivity contribution in [2.75, 3.05) is 18.4 Å². The Morgan fingerprint density at radius 3 is 2.39 bits per heavy atom. The van der Waals surface area contributed by atoms with Crippen molar-refractivity contribution in [2.24, 2.45) is 0 Å². The maximum atomic E-state index is 13.7. The molecule has 1 aliphatic rings. The van der Waals surface area contributed by atoms with Crippen molar-refractivity contribution in [3.63, 3.8) is 0 Å². The molecule has 2 aromatic carbocycles. The van der Waals surface area contributed by atoms with E-state index in [0.29, 0.717) is 19.1 Å². The number of carbonyl (C=O) groups excluding carboxylic acids is 1. The first-order chi connectivity index (χ1) is 11.1. The van der Waals surface area contributed by atoms with E-state index >= 15 is 0 Å². The molecule has 0 aromatic heterocycles. The van der Waals surface area contributed by atoms with E-state index in [2.05, 4.69) is 5.32 Å². The first-order valence-corrected chi connectivity index (χ1v) is 7.69. The lowest BCUT2D eigenvalue weighted by molar-refractivity contribution is 0.0713. The van der Waals surface area contributed by atoms with Gasteiger partial charge in [0.1, 0.15) is 11.6 Å². The maximum Gasteiger partial charge on any atom is 0.256 e. The quantitative estimate of drug-likeness (QED) is 0.937. The van der Waals surface area contributed by atoms with Crippen molar-refractivity contribution < 1.29 is 13.6 Å². The average molecular weight is 316 g/mol. The van der Waals surface area contributed by atoms with E-state index in [1.54, 1.807) is 4.90 Å². The van der Waals surface area contributed by atoms with Gasteiger partial charge in [0.25, 0.3) is 5.91 Å². The summed E-state index contributed by atoms with van der Waals surface area (Å²) in [5, 5.41) is 3.44. The van der Waals surface area contributed by atoms with E-state index < -0.39 is 11.6 Å². The van der Waals surface area contributed by atoms with Crippen LogP contribution in [0, 0.1) is 11.6 Å². The molecule has 0 spiro atoms. The van der Waals surface area contributed by atoms with Crippen LogP contribution < -0.4 is 5.32 Å². The summed E-state index contributed by atoms with van der Waals surface area (Å²) >= 11 is 0. The average Bonchev–Trinajstić information content (AvgIpc) is 2.56. The van der Waals surface area contributed by atoms with Gasteiger partial charge in [0.15, 0.2) is 0 Å². The largest absolute Gasteiger partial charge is 0.382 e. The van der Waals surface area contributed by atoms with Crippen LogP contribution in [0.3, 0.4) is 0 Å². The normalized spacial score (nSPS) is 15.5. The van der Waals surface area contributed by atoms with Gasteiger partial charge in [-0.1, -0.05) is 18.2 Å². The second kappa shape index (κ2) is 6.77. The third-order valence-corrected chi connectivity index (χ3v) is 4.09. The minimum Gasteiger partial charge on any atom is -0.382 e. The lowest BCUT2D eigenvalue weighted by Crippen LogP contribution is -2.42. The van der Waals surface area contributed by atoms with Crippen LogP contribution in [0.4, 0.5) is 14.5 Å². The standard InChI is InChI=1S/C18H18F2N2O/c19-13-6-7-16(17(20)12-13)18(23)22-10-8-15(9-11-22)21-14-4-2-1-3-5-14/h1-7,12,15,21H,8-11H2. The fourth-order valence-corrected chi connectivity index (χ4v) is 2.83. The van der Waals surface area contributed by atoms with Crippen LogP contribution in [0.5, 0.6) is 0 Å². The molecule has 3 nitrogen and oxygen atoms in total. The van der Waals surface area contributed by atoms with E-state index in [1.165, 1.54) is 6.07 Å². The highest BCUT2D eigenvalue weighted by Gasteiger charge is 2.25. The molecule has 1 N–H and O–H groups in total. The predicted octanol–water partition coefficient (Wildman–Crippen LogP) is 3.68. The highest BCUT2D eigenvalue weighted by atomic mass is 19.1. The van der Waals surface area contributed by atoms with E-state index in [1.807, 2.05) is 30.3 Å². The predicted molar refractivity (Wildman–Crippen MR) is 85.3 cm³/mol. The number of anilines is 1. The maximum absolute atomic E-state index is 13.7. The molecule has 1 saturated heterocycles. The van der Waals surface area contributed by atoms with Crippen molar-refractivity contribution in [2.45, 2.75) is 18.9 Å². The van der Waals surface area contributed by atoms with Gasteiger partial charge in [-0.2, -0.15) is 0 Å². The number of hydrogen-bond donors (Lipinski definition) is 1. The first-order valence-electron chi connectivity index (χ1n) is 7.69. The van der Waals surface area contributed by atoms with Gasteiger partial charge in [-0.05, 0) is 37.1 Å². The summed E-state index contributed by atoms with van der Waals surface area (Å²) in [6.45, 7) is 1.11. The number of carbonyl (C=O) groups is 1. The van der Waals surface area contributed by atoms with Gasteiger partial charge in [-0.25, -0.2) is 8.78 Å². The number of para-hydroxylation sites is 1. The second-order valence-corrected chi connectivity index (χ2v) is 5.70. The van der Waals surface area contributed by atoms with Crippen molar-refractivity contribution >= 4 is 11.6 Å². The van der Waals surface area contributed by atoms with Crippen LogP contribution in [0.2, 0.25) is 0 Å². The fourth-order valence-electron chi connectivity index (χ4n) is 2.83. The molecular weight excluding hydrogens is 298 g/mol. The Balaban J connectivity index is 1.59.